The van der Waals surface area contributed by atoms with Crippen LogP contribution in [-0.2, 0) is 0 Å². The number of ether oxygens (including phenoxy) is 1. The lowest BCUT2D eigenvalue weighted by Gasteiger charge is -2.20. The molecule has 6 nitrogen and oxygen atoms in total. The SMILES string of the molecule is Cc1c(C(=O)NC2CCN(c3cccc(OC(F)(F)F)c3)C2)cnn1-c1ccccc1. The molecule has 0 saturated carbocycles. The van der Waals surface area contributed by atoms with Crippen LogP contribution in [0, 0.1) is 6.92 Å². The van der Waals surface area contributed by atoms with Gasteiger partial charge in [0.05, 0.1) is 23.1 Å². The molecule has 1 aliphatic heterocycles. The Morgan fingerprint density at radius 3 is 2.61 bits per heavy atom. The highest BCUT2D eigenvalue weighted by Crippen LogP contribution is 2.28. The predicted octanol–water partition coefficient (Wildman–Crippen LogP) is 4.09. The molecule has 0 bridgehead atoms. The quantitative estimate of drug-likeness (QED) is 0.663. The molecule has 4 rings (SSSR count). The number of hydrogen-bond acceptors (Lipinski definition) is 4. The standard InChI is InChI=1S/C22H21F3N4O2/c1-15-20(13-26-29(15)17-6-3-2-4-7-17)21(30)27-16-10-11-28(14-16)18-8-5-9-19(12-18)31-22(23,24)25/h2-9,12-13,16H,10-11,14H2,1H3,(H,27,30). The minimum atomic E-state index is -4.73. The van der Waals surface area contributed by atoms with E-state index in [1.54, 1.807) is 16.9 Å². The molecule has 1 aliphatic rings. The fourth-order valence-corrected chi connectivity index (χ4v) is 3.72. The first-order valence-corrected chi connectivity index (χ1v) is 9.82. The monoisotopic (exact) mass is 430 g/mol. The van der Waals surface area contributed by atoms with Gasteiger partial charge in [0.15, 0.2) is 0 Å². The van der Waals surface area contributed by atoms with Crippen LogP contribution in [-0.4, -0.2) is 41.2 Å². The molecule has 0 radical (unpaired) electrons. The number of nitrogens with one attached hydrogen (secondary N) is 1. The van der Waals surface area contributed by atoms with Gasteiger partial charge < -0.3 is 15.0 Å². The highest BCUT2D eigenvalue weighted by molar-refractivity contribution is 5.95. The Bertz CT molecular complexity index is 1070. The van der Waals surface area contributed by atoms with Gasteiger partial charge in [0.25, 0.3) is 5.91 Å². The zero-order valence-electron chi connectivity index (χ0n) is 16.8. The van der Waals surface area contributed by atoms with Crippen LogP contribution in [0.1, 0.15) is 22.5 Å². The van der Waals surface area contributed by atoms with E-state index in [1.807, 2.05) is 42.2 Å². The zero-order valence-corrected chi connectivity index (χ0v) is 16.8. The molecule has 162 valence electrons. The Balaban J connectivity index is 1.40. The second-order valence-electron chi connectivity index (χ2n) is 7.34. The molecule has 1 atom stereocenters. The average molecular weight is 430 g/mol. The van der Waals surface area contributed by atoms with Gasteiger partial charge in [-0.3, -0.25) is 4.79 Å². The van der Waals surface area contributed by atoms with Crippen LogP contribution in [0.4, 0.5) is 18.9 Å². The normalized spacial score (nSPS) is 16.4. The molecular formula is C22H21F3N4O2. The molecule has 1 fully saturated rings. The highest BCUT2D eigenvalue weighted by Gasteiger charge is 2.32. The molecule has 2 heterocycles. The first-order valence-electron chi connectivity index (χ1n) is 9.82. The second-order valence-corrected chi connectivity index (χ2v) is 7.34. The first-order chi connectivity index (χ1) is 14.8. The van der Waals surface area contributed by atoms with E-state index >= 15 is 0 Å². The highest BCUT2D eigenvalue weighted by atomic mass is 19.4. The van der Waals surface area contributed by atoms with Gasteiger partial charge >= 0.3 is 6.36 Å². The molecule has 1 N–H and O–H groups in total. The third-order valence-electron chi connectivity index (χ3n) is 5.20. The lowest BCUT2D eigenvalue weighted by Crippen LogP contribution is -2.37. The number of amides is 1. The maximum atomic E-state index is 12.8. The van der Waals surface area contributed by atoms with Crippen LogP contribution in [0.5, 0.6) is 5.75 Å². The number of benzene rings is 2. The fraction of sp³-hybridized carbons (Fsp3) is 0.273. The van der Waals surface area contributed by atoms with Crippen molar-refractivity contribution in [2.75, 3.05) is 18.0 Å². The van der Waals surface area contributed by atoms with E-state index in [0.29, 0.717) is 30.8 Å². The van der Waals surface area contributed by atoms with Crippen molar-refractivity contribution < 1.29 is 22.7 Å². The molecule has 9 heteroatoms. The number of nitrogens with zero attached hydrogens (tertiary/aromatic N) is 3. The summed E-state index contributed by atoms with van der Waals surface area (Å²) < 4.78 is 43.1. The molecular weight excluding hydrogens is 409 g/mol. The predicted molar refractivity (Wildman–Crippen MR) is 110 cm³/mol. The van der Waals surface area contributed by atoms with Crippen molar-refractivity contribution >= 4 is 11.6 Å². The number of halogens is 3. The van der Waals surface area contributed by atoms with Gasteiger partial charge in [-0.05, 0) is 37.6 Å². The largest absolute Gasteiger partial charge is 0.573 e. The van der Waals surface area contributed by atoms with E-state index in [2.05, 4.69) is 15.2 Å². The van der Waals surface area contributed by atoms with Crippen molar-refractivity contribution in [3.8, 4) is 11.4 Å². The van der Waals surface area contributed by atoms with E-state index in [-0.39, 0.29) is 17.7 Å². The molecule has 3 aromatic rings. The van der Waals surface area contributed by atoms with Gasteiger partial charge in [-0.2, -0.15) is 5.10 Å². The maximum absolute atomic E-state index is 12.8. The van der Waals surface area contributed by atoms with Crippen molar-refractivity contribution in [1.82, 2.24) is 15.1 Å². The minimum Gasteiger partial charge on any atom is -0.406 e. The fourth-order valence-electron chi connectivity index (χ4n) is 3.72. The third kappa shape index (κ3) is 4.82. The molecule has 2 aromatic carbocycles. The molecule has 1 aromatic heterocycles. The van der Waals surface area contributed by atoms with Crippen LogP contribution >= 0.6 is 0 Å². The summed E-state index contributed by atoms with van der Waals surface area (Å²) in [6.45, 7) is 2.94. The van der Waals surface area contributed by atoms with Gasteiger partial charge in [0.1, 0.15) is 5.75 Å². The number of para-hydroxylation sites is 1. The van der Waals surface area contributed by atoms with Crippen LogP contribution in [0.3, 0.4) is 0 Å². The number of carbonyl (C=O) groups excluding carboxylic acids is 1. The summed E-state index contributed by atoms with van der Waals surface area (Å²) in [7, 11) is 0. The summed E-state index contributed by atoms with van der Waals surface area (Å²) in [5.41, 5.74) is 2.71. The van der Waals surface area contributed by atoms with E-state index in [1.165, 1.54) is 18.2 Å². The molecule has 1 unspecified atom stereocenters. The van der Waals surface area contributed by atoms with E-state index in [9.17, 15) is 18.0 Å². The van der Waals surface area contributed by atoms with Crippen LogP contribution in [0.2, 0.25) is 0 Å². The molecule has 31 heavy (non-hydrogen) atoms. The van der Waals surface area contributed by atoms with Crippen molar-refractivity contribution in [2.45, 2.75) is 25.7 Å². The van der Waals surface area contributed by atoms with Gasteiger partial charge in [-0.1, -0.05) is 24.3 Å². The topological polar surface area (TPSA) is 59.4 Å². The van der Waals surface area contributed by atoms with Gasteiger partial charge in [0.2, 0.25) is 0 Å². The number of carbonyl (C=O) groups is 1. The molecule has 1 amide bonds. The van der Waals surface area contributed by atoms with Crippen LogP contribution in [0.25, 0.3) is 5.69 Å². The molecule has 1 saturated heterocycles. The third-order valence-corrected chi connectivity index (χ3v) is 5.20. The zero-order chi connectivity index (χ0) is 22.0. The lowest BCUT2D eigenvalue weighted by molar-refractivity contribution is -0.274. The summed E-state index contributed by atoms with van der Waals surface area (Å²) in [6, 6.07) is 15.3. The minimum absolute atomic E-state index is 0.126. The second kappa shape index (κ2) is 8.33. The van der Waals surface area contributed by atoms with Crippen molar-refractivity contribution in [3.05, 3.63) is 72.1 Å². The molecule has 0 aliphatic carbocycles. The Labute approximate surface area is 177 Å². The lowest BCUT2D eigenvalue weighted by atomic mass is 10.2. The van der Waals surface area contributed by atoms with Gasteiger partial charge in [-0.25, -0.2) is 4.68 Å². The van der Waals surface area contributed by atoms with Gasteiger partial charge in [0, 0.05) is 30.9 Å². The van der Waals surface area contributed by atoms with E-state index in [4.69, 9.17) is 0 Å². The number of alkyl halides is 3. The van der Waals surface area contributed by atoms with E-state index in [0.717, 1.165) is 11.4 Å². The number of rotatable bonds is 5. The van der Waals surface area contributed by atoms with Crippen molar-refractivity contribution in [2.24, 2.45) is 0 Å². The molecule has 0 spiro atoms. The summed E-state index contributed by atoms with van der Waals surface area (Å²) >= 11 is 0. The van der Waals surface area contributed by atoms with Crippen molar-refractivity contribution in [1.29, 1.82) is 0 Å². The summed E-state index contributed by atoms with van der Waals surface area (Å²) in [5.74, 6) is -0.484. The average Bonchev–Trinajstić information content (AvgIpc) is 3.34. The van der Waals surface area contributed by atoms with Gasteiger partial charge in [-0.15, -0.1) is 13.2 Å². The number of aromatic nitrogens is 2. The number of anilines is 1. The Morgan fingerprint density at radius 1 is 1.13 bits per heavy atom. The summed E-state index contributed by atoms with van der Waals surface area (Å²) in [5, 5.41) is 7.33. The Hall–Kier alpha value is -3.49. The summed E-state index contributed by atoms with van der Waals surface area (Å²) in [6.07, 6.45) is -2.51. The Morgan fingerprint density at radius 2 is 1.87 bits per heavy atom. The first kappa shape index (κ1) is 20.8. The summed E-state index contributed by atoms with van der Waals surface area (Å²) in [4.78, 5) is 14.7. The van der Waals surface area contributed by atoms with E-state index < -0.39 is 6.36 Å². The van der Waals surface area contributed by atoms with Crippen molar-refractivity contribution in [3.63, 3.8) is 0 Å². The van der Waals surface area contributed by atoms with Crippen LogP contribution < -0.4 is 15.0 Å². The Kier molecular flexibility index (Phi) is 5.58. The smallest absolute Gasteiger partial charge is 0.406 e. The number of hydrogen-bond donors (Lipinski definition) is 1. The maximum Gasteiger partial charge on any atom is 0.573 e. The van der Waals surface area contributed by atoms with Crippen LogP contribution in [0.15, 0.2) is 60.8 Å².